The Balaban J connectivity index is 1.75. The van der Waals surface area contributed by atoms with Gasteiger partial charge >= 0.3 is 5.97 Å². The second-order valence-electron chi connectivity index (χ2n) is 7.99. The summed E-state index contributed by atoms with van der Waals surface area (Å²) in [6, 6.07) is 9.50. The lowest BCUT2D eigenvalue weighted by molar-refractivity contribution is -0.384. The zero-order chi connectivity index (χ0) is 25.3. The number of methoxy groups -OCH3 is 1. The average molecular weight is 519 g/mol. The van der Waals surface area contributed by atoms with Crippen LogP contribution in [0.4, 0.5) is 5.69 Å². The molecule has 0 saturated carbocycles. The summed E-state index contributed by atoms with van der Waals surface area (Å²) in [5.74, 6) is -1.26. The smallest absolute Gasteiger partial charge is 0.325 e. The Labute approximate surface area is 204 Å². The van der Waals surface area contributed by atoms with Crippen LogP contribution in [0.25, 0.3) is 10.2 Å². The molecule has 1 aliphatic rings. The number of nitro benzene ring substituents is 1. The Morgan fingerprint density at radius 3 is 2.60 bits per heavy atom. The minimum Gasteiger partial charge on any atom is -0.468 e. The summed E-state index contributed by atoms with van der Waals surface area (Å²) in [5, 5.41) is 11.2. The molecule has 2 heterocycles. The largest absolute Gasteiger partial charge is 0.468 e. The van der Waals surface area contributed by atoms with Gasteiger partial charge in [-0.2, -0.15) is 9.30 Å². The molecule has 4 rings (SSSR count). The van der Waals surface area contributed by atoms with Crippen molar-refractivity contribution in [1.82, 2.24) is 8.87 Å². The molecule has 0 bridgehead atoms. The molecule has 1 aromatic heterocycles. The summed E-state index contributed by atoms with van der Waals surface area (Å²) < 4.78 is 34.2. The highest BCUT2D eigenvalue weighted by Gasteiger charge is 2.39. The van der Waals surface area contributed by atoms with Gasteiger partial charge < -0.3 is 9.30 Å². The summed E-state index contributed by atoms with van der Waals surface area (Å²) >= 11 is 0.997. The summed E-state index contributed by atoms with van der Waals surface area (Å²) in [4.78, 5) is 40.2. The first kappa shape index (κ1) is 24.7. The molecule has 1 unspecified atom stereocenters. The fraction of sp³-hybridized carbons (Fsp3) is 0.318. The van der Waals surface area contributed by atoms with Crippen molar-refractivity contribution in [3.05, 3.63) is 62.9 Å². The second-order valence-corrected chi connectivity index (χ2v) is 10.9. The van der Waals surface area contributed by atoms with Gasteiger partial charge in [0.25, 0.3) is 11.6 Å². The Morgan fingerprint density at radius 1 is 1.23 bits per heavy atom. The van der Waals surface area contributed by atoms with Crippen LogP contribution < -0.4 is 4.80 Å². The molecule has 2 aromatic carbocycles. The monoisotopic (exact) mass is 518 g/mol. The van der Waals surface area contributed by atoms with Crippen molar-refractivity contribution >= 4 is 49.1 Å². The standard InChI is InChI=1S/C22H22N4O7S2/c1-14-5-8-16(9-6-14)35(31,32)25-11-3-4-18(25)21(28)23-22-24(13-20(27)33-2)17-10-7-15(26(29)30)12-19(17)34-22/h5-10,12,18H,3-4,11,13H2,1-2H3. The SMILES string of the molecule is COC(=O)Cn1c(=NC(=O)C2CCCN2S(=O)(=O)c2ccc(C)cc2)sc2cc([N+](=O)[O-])ccc21. The Kier molecular flexibility index (Phi) is 6.83. The number of hydrogen-bond acceptors (Lipinski definition) is 8. The number of sulfonamides is 1. The third kappa shape index (κ3) is 4.88. The lowest BCUT2D eigenvalue weighted by Crippen LogP contribution is -2.40. The molecule has 184 valence electrons. The zero-order valence-electron chi connectivity index (χ0n) is 18.9. The number of rotatable bonds is 6. The van der Waals surface area contributed by atoms with Gasteiger partial charge in [-0.15, -0.1) is 0 Å². The predicted octanol–water partition coefficient (Wildman–Crippen LogP) is 2.37. The fourth-order valence-electron chi connectivity index (χ4n) is 3.90. The van der Waals surface area contributed by atoms with Crippen molar-refractivity contribution in [3.8, 4) is 0 Å². The number of thiazole rings is 1. The first-order valence-electron chi connectivity index (χ1n) is 10.6. The van der Waals surface area contributed by atoms with Crippen molar-refractivity contribution in [2.24, 2.45) is 4.99 Å². The van der Waals surface area contributed by atoms with E-state index in [1.807, 2.05) is 6.92 Å². The van der Waals surface area contributed by atoms with E-state index in [2.05, 4.69) is 4.99 Å². The maximum atomic E-state index is 13.2. The normalized spacial score (nSPS) is 17.1. The molecule has 1 amide bonds. The minimum absolute atomic E-state index is 0.0951. The van der Waals surface area contributed by atoms with Gasteiger partial charge in [-0.3, -0.25) is 19.7 Å². The average Bonchev–Trinajstić information content (AvgIpc) is 3.45. The number of esters is 1. The van der Waals surface area contributed by atoms with Crippen LogP contribution in [0.3, 0.4) is 0 Å². The van der Waals surface area contributed by atoms with Crippen LogP contribution >= 0.6 is 11.3 Å². The van der Waals surface area contributed by atoms with Gasteiger partial charge in [0.2, 0.25) is 10.0 Å². The van der Waals surface area contributed by atoms with Gasteiger partial charge in [0.05, 0.1) is 27.1 Å². The van der Waals surface area contributed by atoms with E-state index < -0.39 is 32.9 Å². The van der Waals surface area contributed by atoms with Crippen LogP contribution in [0.1, 0.15) is 18.4 Å². The molecular weight excluding hydrogens is 496 g/mol. The Bertz CT molecular complexity index is 1490. The molecule has 0 radical (unpaired) electrons. The van der Waals surface area contributed by atoms with Gasteiger partial charge in [-0.05, 0) is 38.0 Å². The van der Waals surface area contributed by atoms with Crippen LogP contribution in [-0.2, 0) is 30.9 Å². The van der Waals surface area contributed by atoms with Crippen molar-refractivity contribution < 1.29 is 27.7 Å². The third-order valence-electron chi connectivity index (χ3n) is 5.71. The second kappa shape index (κ2) is 9.68. The molecule has 1 aliphatic heterocycles. The van der Waals surface area contributed by atoms with E-state index in [1.165, 1.54) is 42.0 Å². The van der Waals surface area contributed by atoms with E-state index in [-0.39, 0.29) is 28.5 Å². The van der Waals surface area contributed by atoms with Crippen molar-refractivity contribution in [3.63, 3.8) is 0 Å². The zero-order valence-corrected chi connectivity index (χ0v) is 20.5. The van der Waals surface area contributed by atoms with Crippen LogP contribution in [0.15, 0.2) is 52.4 Å². The highest BCUT2D eigenvalue weighted by atomic mass is 32.2. The number of aromatic nitrogens is 1. The lowest BCUT2D eigenvalue weighted by atomic mass is 10.2. The third-order valence-corrected chi connectivity index (χ3v) is 8.68. The number of fused-ring (bicyclic) bond motifs is 1. The lowest BCUT2D eigenvalue weighted by Gasteiger charge is -2.21. The molecule has 0 N–H and O–H groups in total. The number of aryl methyl sites for hydroxylation is 1. The van der Waals surface area contributed by atoms with E-state index in [0.717, 1.165) is 21.2 Å². The topological polar surface area (TPSA) is 141 Å². The molecule has 1 atom stereocenters. The van der Waals surface area contributed by atoms with Crippen molar-refractivity contribution in [2.75, 3.05) is 13.7 Å². The molecule has 13 heteroatoms. The van der Waals surface area contributed by atoms with Crippen LogP contribution in [0.2, 0.25) is 0 Å². The van der Waals surface area contributed by atoms with Crippen molar-refractivity contribution in [1.29, 1.82) is 0 Å². The molecule has 0 spiro atoms. The molecule has 1 fully saturated rings. The number of carbonyl (C=O) groups excluding carboxylic acids is 2. The van der Waals surface area contributed by atoms with Gasteiger partial charge in [-0.25, -0.2) is 8.42 Å². The summed E-state index contributed by atoms with van der Waals surface area (Å²) in [6.07, 6.45) is 0.804. The number of nitrogens with zero attached hydrogens (tertiary/aromatic N) is 4. The first-order chi connectivity index (χ1) is 16.6. The van der Waals surface area contributed by atoms with E-state index in [4.69, 9.17) is 4.74 Å². The molecule has 0 aliphatic carbocycles. The van der Waals surface area contributed by atoms with Gasteiger partial charge in [0.1, 0.15) is 12.6 Å². The fourth-order valence-corrected chi connectivity index (χ4v) is 6.62. The summed E-state index contributed by atoms with van der Waals surface area (Å²) in [7, 11) is -2.70. The highest BCUT2D eigenvalue weighted by Crippen LogP contribution is 2.28. The van der Waals surface area contributed by atoms with Crippen molar-refractivity contribution in [2.45, 2.75) is 37.2 Å². The van der Waals surface area contributed by atoms with E-state index in [1.54, 1.807) is 12.1 Å². The van der Waals surface area contributed by atoms with Gasteiger partial charge in [0, 0.05) is 18.7 Å². The number of hydrogen-bond donors (Lipinski definition) is 0. The number of ether oxygens (including phenoxy) is 1. The van der Waals surface area contributed by atoms with Gasteiger partial charge in [0.15, 0.2) is 4.80 Å². The van der Waals surface area contributed by atoms with Crippen LogP contribution in [0, 0.1) is 17.0 Å². The Hall–Kier alpha value is -3.42. The molecule has 1 saturated heterocycles. The van der Waals surface area contributed by atoms with E-state index >= 15 is 0 Å². The number of amides is 1. The quantitative estimate of drug-likeness (QED) is 0.277. The summed E-state index contributed by atoms with van der Waals surface area (Å²) in [5.41, 5.74) is 1.23. The van der Waals surface area contributed by atoms with Crippen LogP contribution in [0.5, 0.6) is 0 Å². The molecule has 3 aromatic rings. The van der Waals surface area contributed by atoms with E-state index in [9.17, 15) is 28.1 Å². The minimum atomic E-state index is -3.91. The molecular formula is C22H22N4O7S2. The number of benzene rings is 2. The maximum Gasteiger partial charge on any atom is 0.325 e. The number of non-ortho nitro benzene ring substituents is 1. The molecule has 11 nitrogen and oxygen atoms in total. The highest BCUT2D eigenvalue weighted by molar-refractivity contribution is 7.89. The Morgan fingerprint density at radius 2 is 1.94 bits per heavy atom. The predicted molar refractivity (Wildman–Crippen MR) is 127 cm³/mol. The maximum absolute atomic E-state index is 13.2. The summed E-state index contributed by atoms with van der Waals surface area (Å²) in [6.45, 7) is 1.76. The number of carbonyl (C=O) groups is 2. The molecule has 35 heavy (non-hydrogen) atoms. The van der Waals surface area contributed by atoms with E-state index in [0.29, 0.717) is 23.1 Å². The first-order valence-corrected chi connectivity index (χ1v) is 12.9. The van der Waals surface area contributed by atoms with Gasteiger partial charge in [-0.1, -0.05) is 29.0 Å². The van der Waals surface area contributed by atoms with Crippen LogP contribution in [-0.4, -0.2) is 53.8 Å². The number of nitro groups is 1.